The van der Waals surface area contributed by atoms with Gasteiger partial charge in [-0.2, -0.15) is 5.26 Å². The second-order valence-corrected chi connectivity index (χ2v) is 6.02. The lowest BCUT2D eigenvalue weighted by molar-refractivity contribution is -0.127. The van der Waals surface area contributed by atoms with Gasteiger partial charge in [0.2, 0.25) is 5.91 Å². The van der Waals surface area contributed by atoms with Crippen LogP contribution in [0.15, 0.2) is 54.6 Å². The number of benzene rings is 2. The lowest BCUT2D eigenvalue weighted by Gasteiger charge is -2.17. The van der Waals surface area contributed by atoms with Crippen molar-refractivity contribution in [2.45, 2.75) is 12.3 Å². The highest BCUT2D eigenvalue weighted by atomic mass is 32.2. The second-order valence-electron chi connectivity index (χ2n) is 5.04. The van der Waals surface area contributed by atoms with Crippen LogP contribution in [0.4, 0.5) is 0 Å². The van der Waals surface area contributed by atoms with E-state index in [0.717, 1.165) is 16.9 Å². The van der Waals surface area contributed by atoms with Crippen LogP contribution < -0.4 is 0 Å². The van der Waals surface area contributed by atoms with Crippen LogP contribution in [0.25, 0.3) is 0 Å². The largest absolute Gasteiger partial charge is 0.341 e. The lowest BCUT2D eigenvalue weighted by Crippen LogP contribution is -2.27. The van der Waals surface area contributed by atoms with Crippen molar-refractivity contribution >= 4 is 17.7 Å². The molecule has 0 aromatic heterocycles. The Morgan fingerprint density at radius 1 is 1.09 bits per heavy atom. The molecule has 0 aliphatic heterocycles. The summed E-state index contributed by atoms with van der Waals surface area (Å²) in [5.74, 6) is 1.36. The van der Waals surface area contributed by atoms with Crippen molar-refractivity contribution in [3.63, 3.8) is 0 Å². The first-order valence-electron chi connectivity index (χ1n) is 7.03. The molecule has 0 fully saturated rings. The minimum Gasteiger partial charge on any atom is -0.341 e. The van der Waals surface area contributed by atoms with Gasteiger partial charge in [0, 0.05) is 19.3 Å². The van der Waals surface area contributed by atoms with E-state index in [2.05, 4.69) is 6.07 Å². The maximum absolute atomic E-state index is 12.1. The van der Waals surface area contributed by atoms with Crippen LogP contribution in [0.5, 0.6) is 0 Å². The minimum atomic E-state index is 0.127. The first-order chi connectivity index (χ1) is 10.7. The summed E-state index contributed by atoms with van der Waals surface area (Å²) in [5.41, 5.74) is 2.92. The van der Waals surface area contributed by atoms with Crippen LogP contribution in [0, 0.1) is 11.3 Å². The number of amides is 1. The summed E-state index contributed by atoms with van der Waals surface area (Å²) in [4.78, 5) is 13.9. The number of nitrogens with zero attached hydrogens (tertiary/aromatic N) is 2. The van der Waals surface area contributed by atoms with Gasteiger partial charge in [-0.3, -0.25) is 4.79 Å². The van der Waals surface area contributed by atoms with E-state index in [0.29, 0.717) is 17.9 Å². The van der Waals surface area contributed by atoms with Crippen molar-refractivity contribution in [2.75, 3.05) is 12.8 Å². The van der Waals surface area contributed by atoms with Crippen molar-refractivity contribution in [1.82, 2.24) is 4.90 Å². The normalized spacial score (nSPS) is 10.0. The lowest BCUT2D eigenvalue weighted by atomic mass is 10.2. The molecular weight excluding hydrogens is 292 g/mol. The first kappa shape index (κ1) is 16.1. The third kappa shape index (κ3) is 4.94. The molecule has 3 nitrogen and oxygen atoms in total. The smallest absolute Gasteiger partial charge is 0.232 e. The monoisotopic (exact) mass is 310 g/mol. The molecule has 0 aliphatic rings. The molecule has 4 heteroatoms. The number of nitriles is 1. The van der Waals surface area contributed by atoms with Crippen molar-refractivity contribution in [2.24, 2.45) is 0 Å². The summed E-state index contributed by atoms with van der Waals surface area (Å²) in [7, 11) is 1.83. The molecule has 0 atom stereocenters. The third-order valence-corrected chi connectivity index (χ3v) is 4.25. The molecule has 0 N–H and O–H groups in total. The van der Waals surface area contributed by atoms with E-state index in [9.17, 15) is 4.79 Å². The van der Waals surface area contributed by atoms with Crippen LogP contribution in [0.1, 0.15) is 16.7 Å². The number of rotatable bonds is 6. The minimum absolute atomic E-state index is 0.127. The van der Waals surface area contributed by atoms with Crippen LogP contribution in [-0.2, 0) is 17.1 Å². The second kappa shape index (κ2) is 8.26. The summed E-state index contributed by atoms with van der Waals surface area (Å²) in [6.45, 7) is 0.636. The predicted molar refractivity (Wildman–Crippen MR) is 90.2 cm³/mol. The zero-order chi connectivity index (χ0) is 15.8. The van der Waals surface area contributed by atoms with Crippen LogP contribution in [0.2, 0.25) is 0 Å². The summed E-state index contributed by atoms with van der Waals surface area (Å²) in [6, 6.07) is 19.6. The molecule has 0 saturated carbocycles. The van der Waals surface area contributed by atoms with Gasteiger partial charge in [-0.25, -0.2) is 0 Å². The molecule has 0 saturated heterocycles. The Kier molecular flexibility index (Phi) is 6.05. The van der Waals surface area contributed by atoms with E-state index < -0.39 is 0 Å². The summed E-state index contributed by atoms with van der Waals surface area (Å²) < 4.78 is 0. The topological polar surface area (TPSA) is 44.1 Å². The Morgan fingerprint density at radius 2 is 1.77 bits per heavy atom. The van der Waals surface area contributed by atoms with Gasteiger partial charge < -0.3 is 4.90 Å². The number of hydrogen-bond donors (Lipinski definition) is 0. The Labute approximate surface area is 135 Å². The highest BCUT2D eigenvalue weighted by molar-refractivity contribution is 7.99. The van der Waals surface area contributed by atoms with E-state index in [1.54, 1.807) is 28.8 Å². The van der Waals surface area contributed by atoms with Crippen molar-refractivity contribution in [1.29, 1.82) is 5.26 Å². The molecule has 0 spiro atoms. The third-order valence-electron chi connectivity index (χ3n) is 3.27. The van der Waals surface area contributed by atoms with Gasteiger partial charge in [-0.15, -0.1) is 11.8 Å². The van der Waals surface area contributed by atoms with Gasteiger partial charge in [0.05, 0.1) is 17.4 Å². The molecular formula is C18H18N2OS. The number of thioether (sulfide) groups is 1. The fourth-order valence-corrected chi connectivity index (χ4v) is 2.91. The molecule has 0 heterocycles. The maximum Gasteiger partial charge on any atom is 0.232 e. The highest BCUT2D eigenvalue weighted by Gasteiger charge is 2.09. The van der Waals surface area contributed by atoms with E-state index in [1.165, 1.54) is 0 Å². The Hall–Kier alpha value is -2.25. The highest BCUT2D eigenvalue weighted by Crippen LogP contribution is 2.14. The van der Waals surface area contributed by atoms with Crippen LogP contribution in [0.3, 0.4) is 0 Å². The van der Waals surface area contributed by atoms with E-state index in [4.69, 9.17) is 5.26 Å². The van der Waals surface area contributed by atoms with Gasteiger partial charge in [-0.1, -0.05) is 42.5 Å². The molecule has 0 radical (unpaired) electrons. The number of carbonyl (C=O) groups is 1. The Morgan fingerprint density at radius 3 is 2.41 bits per heavy atom. The summed E-state index contributed by atoms with van der Waals surface area (Å²) in [6.07, 6.45) is 0. The molecule has 2 aromatic rings. The van der Waals surface area contributed by atoms with E-state index in [1.807, 2.05) is 49.5 Å². The molecule has 1 amide bonds. The van der Waals surface area contributed by atoms with Gasteiger partial charge in [0.1, 0.15) is 0 Å². The molecule has 2 rings (SSSR count). The molecule has 0 bridgehead atoms. The predicted octanol–water partition coefficient (Wildman–Crippen LogP) is 3.45. The average molecular weight is 310 g/mol. The zero-order valence-electron chi connectivity index (χ0n) is 12.5. The van der Waals surface area contributed by atoms with Crippen LogP contribution >= 0.6 is 11.8 Å². The average Bonchev–Trinajstić information content (AvgIpc) is 2.56. The molecule has 0 unspecified atom stereocenters. The van der Waals surface area contributed by atoms with Gasteiger partial charge in [0.25, 0.3) is 0 Å². The van der Waals surface area contributed by atoms with Gasteiger partial charge >= 0.3 is 0 Å². The van der Waals surface area contributed by atoms with Crippen LogP contribution in [-0.4, -0.2) is 23.6 Å². The maximum atomic E-state index is 12.1. The Balaban J connectivity index is 1.76. The van der Waals surface area contributed by atoms with Crippen molar-refractivity contribution < 1.29 is 4.79 Å². The molecule has 0 aliphatic carbocycles. The zero-order valence-corrected chi connectivity index (χ0v) is 13.3. The standard InChI is InChI=1S/C18H18N2OS/c1-20(12-16-5-3-2-4-6-16)18(21)14-22-13-17-9-7-15(11-19)8-10-17/h2-10H,12-14H2,1H3. The molecule has 22 heavy (non-hydrogen) atoms. The van der Waals surface area contributed by atoms with E-state index >= 15 is 0 Å². The van der Waals surface area contributed by atoms with Gasteiger partial charge in [-0.05, 0) is 23.3 Å². The summed E-state index contributed by atoms with van der Waals surface area (Å²) >= 11 is 1.59. The fourth-order valence-electron chi connectivity index (χ4n) is 1.99. The first-order valence-corrected chi connectivity index (χ1v) is 8.19. The van der Waals surface area contributed by atoms with Crippen molar-refractivity contribution in [3.05, 3.63) is 71.3 Å². The van der Waals surface area contributed by atoms with E-state index in [-0.39, 0.29) is 5.91 Å². The SMILES string of the molecule is CN(Cc1ccccc1)C(=O)CSCc1ccc(C#N)cc1. The quantitative estimate of drug-likeness (QED) is 0.821. The molecule has 112 valence electrons. The number of hydrogen-bond acceptors (Lipinski definition) is 3. The summed E-state index contributed by atoms with van der Waals surface area (Å²) in [5, 5.41) is 8.75. The molecule has 2 aromatic carbocycles. The van der Waals surface area contributed by atoms with Crippen molar-refractivity contribution in [3.8, 4) is 6.07 Å². The Bertz CT molecular complexity index is 647. The van der Waals surface area contributed by atoms with Gasteiger partial charge in [0.15, 0.2) is 0 Å². The number of carbonyl (C=O) groups excluding carboxylic acids is 1. The fraction of sp³-hybridized carbons (Fsp3) is 0.222.